The predicted molar refractivity (Wildman–Crippen MR) is 125 cm³/mol. The first kappa shape index (κ1) is 20.3. The average molecular weight is 463 g/mol. The molecule has 1 aliphatic heterocycles. The van der Waals surface area contributed by atoms with Crippen LogP contribution in [0.5, 0.6) is 0 Å². The van der Waals surface area contributed by atoms with Crippen molar-refractivity contribution in [2.45, 2.75) is 34.2 Å². The van der Waals surface area contributed by atoms with Crippen LogP contribution in [0.2, 0.25) is 0 Å². The zero-order valence-corrected chi connectivity index (χ0v) is 19.1. The highest BCUT2D eigenvalue weighted by Gasteiger charge is 2.30. The van der Waals surface area contributed by atoms with E-state index in [1.54, 1.807) is 0 Å². The molecule has 152 valence electrons. The van der Waals surface area contributed by atoms with Gasteiger partial charge in [-0.25, -0.2) is 0 Å². The number of hydrazone groups is 1. The Morgan fingerprint density at radius 2 is 1.77 bits per heavy atom. The molecule has 5 nitrogen and oxygen atoms in total. The van der Waals surface area contributed by atoms with Gasteiger partial charge in [0, 0.05) is 15.7 Å². The first-order valence-electron chi connectivity index (χ1n) is 9.81. The van der Waals surface area contributed by atoms with Gasteiger partial charge in [0.15, 0.2) is 0 Å². The second-order valence-corrected chi connectivity index (χ2v) is 8.43. The lowest BCUT2D eigenvalue weighted by Crippen LogP contribution is -2.22. The Bertz CT molecular complexity index is 1190. The summed E-state index contributed by atoms with van der Waals surface area (Å²) in [6, 6.07) is 16.0. The van der Waals surface area contributed by atoms with Gasteiger partial charge in [0.2, 0.25) is 0 Å². The number of benzene rings is 2. The third kappa shape index (κ3) is 3.75. The highest BCUT2D eigenvalue weighted by atomic mass is 79.9. The van der Waals surface area contributed by atoms with Crippen molar-refractivity contribution in [2.24, 2.45) is 5.10 Å². The highest BCUT2D eigenvalue weighted by molar-refractivity contribution is 9.10. The minimum atomic E-state index is -0.118. The van der Waals surface area contributed by atoms with Gasteiger partial charge in [-0.05, 0) is 63.1 Å². The van der Waals surface area contributed by atoms with Gasteiger partial charge < -0.3 is 0 Å². The number of aryl methyl sites for hydroxylation is 2. The van der Waals surface area contributed by atoms with Crippen LogP contribution in [0.4, 0.5) is 5.69 Å². The van der Waals surface area contributed by atoms with Crippen LogP contribution >= 0.6 is 15.9 Å². The summed E-state index contributed by atoms with van der Waals surface area (Å²) in [7, 11) is 0. The lowest BCUT2D eigenvalue weighted by Gasteiger charge is -2.14. The van der Waals surface area contributed by atoms with E-state index in [-0.39, 0.29) is 5.91 Å². The Labute approximate surface area is 184 Å². The van der Waals surface area contributed by atoms with E-state index >= 15 is 0 Å². The summed E-state index contributed by atoms with van der Waals surface area (Å²) in [6.07, 6.45) is 1.93. The molecule has 30 heavy (non-hydrogen) atoms. The molecule has 3 aromatic rings. The molecule has 0 radical (unpaired) electrons. The summed E-state index contributed by atoms with van der Waals surface area (Å²) < 4.78 is 2.96. The number of anilines is 1. The van der Waals surface area contributed by atoms with Crippen molar-refractivity contribution in [2.75, 3.05) is 5.01 Å². The van der Waals surface area contributed by atoms with E-state index in [4.69, 9.17) is 5.10 Å². The number of hydrogen-bond acceptors (Lipinski definition) is 3. The van der Waals surface area contributed by atoms with Gasteiger partial charge in [0.25, 0.3) is 5.91 Å². The molecular weight excluding hydrogens is 440 g/mol. The number of carbonyl (C=O) groups excluding carboxylic acids is 1. The Morgan fingerprint density at radius 1 is 1.03 bits per heavy atom. The predicted octanol–water partition coefficient (Wildman–Crippen LogP) is 5.43. The lowest BCUT2D eigenvalue weighted by molar-refractivity contribution is -0.114. The molecule has 0 spiro atoms. The van der Waals surface area contributed by atoms with Gasteiger partial charge in [0.1, 0.15) is 0 Å². The maximum Gasteiger partial charge on any atom is 0.280 e. The topological polar surface area (TPSA) is 50.5 Å². The Hall–Kier alpha value is -2.99. The van der Waals surface area contributed by atoms with Crippen LogP contribution in [0.25, 0.3) is 6.08 Å². The summed E-state index contributed by atoms with van der Waals surface area (Å²) in [5, 5.41) is 10.7. The molecule has 2 heterocycles. The molecule has 0 unspecified atom stereocenters. The maximum absolute atomic E-state index is 13.2. The Balaban J connectivity index is 1.67. The lowest BCUT2D eigenvalue weighted by atomic mass is 10.1. The molecule has 0 saturated heterocycles. The van der Waals surface area contributed by atoms with Gasteiger partial charge in [-0.3, -0.25) is 9.48 Å². The van der Waals surface area contributed by atoms with Crippen LogP contribution in [0, 0.1) is 20.8 Å². The standard InChI is InChI=1S/C24H23BrN4O/c1-15-12-20(25)10-11-23(15)29-24(30)22(17(3)27-29)13-21-16(2)26-28(18(21)4)14-19-8-6-5-7-9-19/h5-13H,14H2,1-4H3/b22-13+. The normalized spacial score (nSPS) is 15.2. The number of rotatable bonds is 4. The average Bonchev–Trinajstić information content (AvgIpc) is 3.13. The molecule has 0 fully saturated rings. The Morgan fingerprint density at radius 3 is 2.47 bits per heavy atom. The summed E-state index contributed by atoms with van der Waals surface area (Å²) in [6.45, 7) is 8.56. The number of carbonyl (C=O) groups is 1. The van der Waals surface area contributed by atoms with Gasteiger partial charge in [-0.1, -0.05) is 46.3 Å². The number of amides is 1. The summed E-state index contributed by atoms with van der Waals surface area (Å²) >= 11 is 3.47. The molecule has 6 heteroatoms. The number of nitrogens with zero attached hydrogens (tertiary/aromatic N) is 4. The number of hydrogen-bond donors (Lipinski definition) is 0. The van der Waals surface area contributed by atoms with Gasteiger partial charge in [-0.2, -0.15) is 15.2 Å². The van der Waals surface area contributed by atoms with E-state index in [0.29, 0.717) is 17.8 Å². The maximum atomic E-state index is 13.2. The van der Waals surface area contributed by atoms with E-state index in [2.05, 4.69) is 33.2 Å². The number of aromatic nitrogens is 2. The van der Waals surface area contributed by atoms with E-state index in [0.717, 1.165) is 32.7 Å². The molecule has 1 aromatic heterocycles. The smallest absolute Gasteiger partial charge is 0.267 e. The summed E-state index contributed by atoms with van der Waals surface area (Å²) in [5.74, 6) is -0.118. The fraction of sp³-hybridized carbons (Fsp3) is 0.208. The largest absolute Gasteiger partial charge is 0.280 e. The second kappa shape index (κ2) is 8.03. The van der Waals surface area contributed by atoms with Crippen LogP contribution in [0.3, 0.4) is 0 Å². The Kier molecular flexibility index (Phi) is 5.43. The molecule has 1 aliphatic rings. The van der Waals surface area contributed by atoms with E-state index in [9.17, 15) is 4.79 Å². The fourth-order valence-electron chi connectivity index (χ4n) is 3.68. The molecule has 0 bridgehead atoms. The van der Waals surface area contributed by atoms with Gasteiger partial charge >= 0.3 is 0 Å². The van der Waals surface area contributed by atoms with Crippen LogP contribution in [0.1, 0.15) is 35.0 Å². The SMILES string of the molecule is CC1=NN(c2ccc(Br)cc2C)C(=O)/C1=C/c1c(C)nn(Cc2ccccc2)c1C. The van der Waals surface area contributed by atoms with Crippen molar-refractivity contribution in [1.29, 1.82) is 0 Å². The third-order valence-corrected chi connectivity index (χ3v) is 5.84. The molecular formula is C24H23BrN4O. The van der Waals surface area contributed by atoms with Crippen molar-refractivity contribution in [1.82, 2.24) is 9.78 Å². The minimum Gasteiger partial charge on any atom is -0.267 e. The van der Waals surface area contributed by atoms with Crippen molar-refractivity contribution in [3.8, 4) is 0 Å². The van der Waals surface area contributed by atoms with Crippen molar-refractivity contribution >= 4 is 39.3 Å². The molecule has 0 atom stereocenters. The molecule has 1 amide bonds. The molecule has 0 aliphatic carbocycles. The van der Waals surface area contributed by atoms with Crippen LogP contribution in [-0.4, -0.2) is 21.4 Å². The molecule has 4 rings (SSSR count). The van der Waals surface area contributed by atoms with E-state index < -0.39 is 0 Å². The van der Waals surface area contributed by atoms with Crippen molar-refractivity contribution < 1.29 is 4.79 Å². The monoisotopic (exact) mass is 462 g/mol. The van der Waals surface area contributed by atoms with E-state index in [1.807, 2.05) is 74.9 Å². The van der Waals surface area contributed by atoms with E-state index in [1.165, 1.54) is 10.6 Å². The van der Waals surface area contributed by atoms with Gasteiger partial charge in [0.05, 0.1) is 29.2 Å². The zero-order valence-electron chi connectivity index (χ0n) is 17.5. The van der Waals surface area contributed by atoms with Crippen LogP contribution in [-0.2, 0) is 11.3 Å². The van der Waals surface area contributed by atoms with Crippen molar-refractivity contribution in [3.63, 3.8) is 0 Å². The molecule has 0 N–H and O–H groups in total. The van der Waals surface area contributed by atoms with Crippen LogP contribution < -0.4 is 5.01 Å². The van der Waals surface area contributed by atoms with Crippen molar-refractivity contribution in [3.05, 3.63) is 86.7 Å². The number of halogens is 1. The first-order chi connectivity index (χ1) is 14.3. The molecule has 2 aromatic carbocycles. The minimum absolute atomic E-state index is 0.118. The highest BCUT2D eigenvalue weighted by Crippen LogP contribution is 2.30. The van der Waals surface area contributed by atoms with Gasteiger partial charge in [-0.15, -0.1) is 0 Å². The fourth-order valence-corrected chi connectivity index (χ4v) is 4.15. The van der Waals surface area contributed by atoms with Crippen LogP contribution in [0.15, 0.2) is 63.7 Å². The summed E-state index contributed by atoms with van der Waals surface area (Å²) in [4.78, 5) is 13.2. The second-order valence-electron chi connectivity index (χ2n) is 7.52. The summed E-state index contributed by atoms with van der Waals surface area (Å²) in [5.41, 5.74) is 7.17. The molecule has 0 saturated carbocycles. The zero-order chi connectivity index (χ0) is 21.4. The third-order valence-electron chi connectivity index (χ3n) is 5.35. The first-order valence-corrected chi connectivity index (χ1v) is 10.6. The quantitative estimate of drug-likeness (QED) is 0.485.